The molecule has 0 radical (unpaired) electrons. The lowest BCUT2D eigenvalue weighted by Crippen LogP contribution is -2.49. The molecule has 1 aliphatic rings. The maximum atomic E-state index is 13.8. The first-order valence-corrected chi connectivity index (χ1v) is 7.49. The number of piperazine rings is 1. The Morgan fingerprint density at radius 2 is 1.73 bits per heavy atom. The van der Waals surface area contributed by atoms with Crippen molar-refractivity contribution >= 4 is 11.6 Å². The summed E-state index contributed by atoms with van der Waals surface area (Å²) in [5.74, 6) is -0.163. The summed E-state index contributed by atoms with van der Waals surface area (Å²) in [5.41, 5.74) is 2.38. The minimum Gasteiger partial charge on any atom is -0.366 e. The molecule has 2 heterocycles. The van der Waals surface area contributed by atoms with Gasteiger partial charge in [0.25, 0.3) is 5.91 Å². The standard InChI is InChI=1S/C17H20FN3O/c1-13-7-8-16(19(13)2)17(22)21-11-9-20(10-12-21)15-6-4-3-5-14(15)18/h3-8H,9-12H2,1-2H3. The van der Waals surface area contributed by atoms with E-state index in [9.17, 15) is 9.18 Å². The minimum absolute atomic E-state index is 0.0452. The van der Waals surface area contributed by atoms with E-state index in [1.54, 1.807) is 12.1 Å². The molecule has 1 aromatic heterocycles. The smallest absolute Gasteiger partial charge is 0.270 e. The molecule has 0 saturated carbocycles. The van der Waals surface area contributed by atoms with E-state index in [2.05, 4.69) is 0 Å². The molecule has 0 spiro atoms. The number of halogens is 1. The molecule has 5 heteroatoms. The van der Waals surface area contributed by atoms with Crippen molar-refractivity contribution in [3.8, 4) is 0 Å². The van der Waals surface area contributed by atoms with Crippen LogP contribution in [0.25, 0.3) is 0 Å². The number of nitrogens with zero attached hydrogens (tertiary/aromatic N) is 3. The largest absolute Gasteiger partial charge is 0.366 e. The van der Waals surface area contributed by atoms with Crippen LogP contribution in [-0.4, -0.2) is 41.6 Å². The van der Waals surface area contributed by atoms with Gasteiger partial charge in [0.15, 0.2) is 0 Å². The Morgan fingerprint density at radius 3 is 2.32 bits per heavy atom. The Hall–Kier alpha value is -2.30. The number of rotatable bonds is 2. The van der Waals surface area contributed by atoms with E-state index < -0.39 is 0 Å². The molecule has 0 unspecified atom stereocenters. The highest BCUT2D eigenvalue weighted by Crippen LogP contribution is 2.21. The second-order valence-corrected chi connectivity index (χ2v) is 5.65. The predicted molar refractivity (Wildman–Crippen MR) is 84.7 cm³/mol. The van der Waals surface area contributed by atoms with Crippen LogP contribution in [0.1, 0.15) is 16.2 Å². The number of aromatic nitrogens is 1. The molecular weight excluding hydrogens is 281 g/mol. The fraction of sp³-hybridized carbons (Fsp3) is 0.353. The van der Waals surface area contributed by atoms with Gasteiger partial charge in [-0.05, 0) is 31.2 Å². The summed E-state index contributed by atoms with van der Waals surface area (Å²) in [4.78, 5) is 16.4. The van der Waals surface area contributed by atoms with E-state index in [0.717, 1.165) is 5.69 Å². The van der Waals surface area contributed by atoms with Gasteiger partial charge in [0.2, 0.25) is 0 Å². The summed E-state index contributed by atoms with van der Waals surface area (Å²) in [6, 6.07) is 10.6. The van der Waals surface area contributed by atoms with Crippen molar-refractivity contribution in [3.05, 3.63) is 53.6 Å². The summed E-state index contributed by atoms with van der Waals surface area (Å²) in [6.45, 7) is 4.49. The molecule has 22 heavy (non-hydrogen) atoms. The Labute approximate surface area is 129 Å². The second kappa shape index (κ2) is 5.83. The van der Waals surface area contributed by atoms with E-state index >= 15 is 0 Å². The van der Waals surface area contributed by atoms with Crippen molar-refractivity contribution in [2.75, 3.05) is 31.1 Å². The first-order chi connectivity index (χ1) is 10.6. The molecule has 1 aromatic carbocycles. The van der Waals surface area contributed by atoms with E-state index in [-0.39, 0.29) is 11.7 Å². The zero-order valence-corrected chi connectivity index (χ0v) is 12.9. The number of para-hydroxylation sites is 1. The summed E-state index contributed by atoms with van der Waals surface area (Å²) in [5, 5.41) is 0. The van der Waals surface area contributed by atoms with Gasteiger partial charge in [0.05, 0.1) is 5.69 Å². The van der Waals surface area contributed by atoms with Crippen LogP contribution in [0.4, 0.5) is 10.1 Å². The van der Waals surface area contributed by atoms with E-state index in [0.29, 0.717) is 37.6 Å². The van der Waals surface area contributed by atoms with E-state index in [4.69, 9.17) is 0 Å². The fourth-order valence-electron chi connectivity index (χ4n) is 2.85. The molecule has 0 N–H and O–H groups in total. The zero-order chi connectivity index (χ0) is 15.7. The number of hydrogen-bond donors (Lipinski definition) is 0. The van der Waals surface area contributed by atoms with Crippen LogP contribution in [-0.2, 0) is 7.05 Å². The number of benzene rings is 1. The highest BCUT2D eigenvalue weighted by atomic mass is 19.1. The predicted octanol–water partition coefficient (Wildman–Crippen LogP) is 2.44. The van der Waals surface area contributed by atoms with Gasteiger partial charge in [0, 0.05) is 38.9 Å². The molecule has 1 amide bonds. The monoisotopic (exact) mass is 301 g/mol. The molecule has 2 aromatic rings. The third kappa shape index (κ3) is 2.58. The van der Waals surface area contributed by atoms with Crippen molar-refractivity contribution in [3.63, 3.8) is 0 Å². The highest BCUT2D eigenvalue weighted by molar-refractivity contribution is 5.93. The molecule has 0 aliphatic carbocycles. The number of hydrogen-bond acceptors (Lipinski definition) is 2. The quantitative estimate of drug-likeness (QED) is 0.852. The maximum Gasteiger partial charge on any atom is 0.270 e. The van der Waals surface area contributed by atoms with Gasteiger partial charge in [-0.1, -0.05) is 12.1 Å². The Kier molecular flexibility index (Phi) is 3.88. The van der Waals surface area contributed by atoms with Crippen molar-refractivity contribution in [1.29, 1.82) is 0 Å². The van der Waals surface area contributed by atoms with Gasteiger partial charge >= 0.3 is 0 Å². The number of anilines is 1. The van der Waals surface area contributed by atoms with Crippen LogP contribution in [0.5, 0.6) is 0 Å². The summed E-state index contributed by atoms with van der Waals surface area (Å²) in [6.07, 6.45) is 0. The number of aryl methyl sites for hydroxylation is 1. The van der Waals surface area contributed by atoms with Crippen LogP contribution in [0.3, 0.4) is 0 Å². The fourth-order valence-corrected chi connectivity index (χ4v) is 2.85. The number of carbonyl (C=O) groups is 1. The van der Waals surface area contributed by atoms with Crippen molar-refractivity contribution < 1.29 is 9.18 Å². The Morgan fingerprint density at radius 1 is 1.05 bits per heavy atom. The Balaban J connectivity index is 1.68. The molecule has 1 saturated heterocycles. The highest BCUT2D eigenvalue weighted by Gasteiger charge is 2.24. The molecule has 0 bridgehead atoms. The zero-order valence-electron chi connectivity index (χ0n) is 12.9. The first kappa shape index (κ1) is 14.6. The third-order valence-electron chi connectivity index (χ3n) is 4.35. The van der Waals surface area contributed by atoms with Crippen LogP contribution >= 0.6 is 0 Å². The van der Waals surface area contributed by atoms with E-state index in [1.165, 1.54) is 6.07 Å². The molecule has 3 rings (SSSR count). The van der Waals surface area contributed by atoms with Gasteiger partial charge in [0.1, 0.15) is 11.5 Å². The summed E-state index contributed by atoms with van der Waals surface area (Å²) in [7, 11) is 1.90. The van der Waals surface area contributed by atoms with Gasteiger partial charge in [-0.3, -0.25) is 4.79 Å². The first-order valence-electron chi connectivity index (χ1n) is 7.49. The lowest BCUT2D eigenvalue weighted by molar-refractivity contribution is 0.0737. The van der Waals surface area contributed by atoms with Crippen LogP contribution < -0.4 is 4.90 Å². The molecule has 116 valence electrons. The number of carbonyl (C=O) groups excluding carboxylic acids is 1. The minimum atomic E-state index is -0.208. The maximum absolute atomic E-state index is 13.8. The second-order valence-electron chi connectivity index (χ2n) is 5.65. The van der Waals surface area contributed by atoms with Gasteiger partial charge in [-0.25, -0.2) is 4.39 Å². The van der Waals surface area contributed by atoms with Crippen molar-refractivity contribution in [2.45, 2.75) is 6.92 Å². The van der Waals surface area contributed by atoms with Crippen LogP contribution in [0.2, 0.25) is 0 Å². The van der Waals surface area contributed by atoms with Gasteiger partial charge in [-0.2, -0.15) is 0 Å². The van der Waals surface area contributed by atoms with Crippen molar-refractivity contribution in [1.82, 2.24) is 9.47 Å². The lowest BCUT2D eigenvalue weighted by Gasteiger charge is -2.36. The molecule has 0 atom stereocenters. The Bertz CT molecular complexity index is 687. The lowest BCUT2D eigenvalue weighted by atomic mass is 10.2. The molecular formula is C17H20FN3O. The van der Waals surface area contributed by atoms with Crippen LogP contribution in [0, 0.1) is 12.7 Å². The van der Waals surface area contributed by atoms with Gasteiger partial charge < -0.3 is 14.4 Å². The SMILES string of the molecule is Cc1ccc(C(=O)N2CCN(c3ccccc3F)CC2)n1C. The molecule has 1 fully saturated rings. The molecule has 4 nitrogen and oxygen atoms in total. The summed E-state index contributed by atoms with van der Waals surface area (Å²) < 4.78 is 15.7. The van der Waals surface area contributed by atoms with Crippen molar-refractivity contribution in [2.24, 2.45) is 7.05 Å². The average molecular weight is 301 g/mol. The number of amides is 1. The van der Waals surface area contributed by atoms with Gasteiger partial charge in [-0.15, -0.1) is 0 Å². The topological polar surface area (TPSA) is 28.5 Å². The third-order valence-corrected chi connectivity index (χ3v) is 4.35. The normalized spacial score (nSPS) is 15.2. The summed E-state index contributed by atoms with van der Waals surface area (Å²) >= 11 is 0. The van der Waals surface area contributed by atoms with E-state index in [1.807, 2.05) is 46.5 Å². The molecule has 1 aliphatic heterocycles. The van der Waals surface area contributed by atoms with Crippen LogP contribution in [0.15, 0.2) is 36.4 Å². The average Bonchev–Trinajstić information content (AvgIpc) is 2.87.